The largest absolute Gasteiger partial charge is 0.356 e. The number of pyridine rings is 3. The first-order chi connectivity index (χ1) is 19.1. The Kier molecular flexibility index (Phi) is 6.54. The van der Waals surface area contributed by atoms with Crippen molar-refractivity contribution in [2.75, 3.05) is 24.2 Å². The van der Waals surface area contributed by atoms with Gasteiger partial charge in [0.1, 0.15) is 5.82 Å². The molecule has 3 N–H and O–H groups in total. The Morgan fingerprint density at radius 2 is 1.90 bits per heavy atom. The van der Waals surface area contributed by atoms with Gasteiger partial charge < -0.3 is 16.0 Å². The number of piperidine rings is 1. The summed E-state index contributed by atoms with van der Waals surface area (Å²) in [7, 11) is -3.44. The molecule has 2 aliphatic rings. The van der Waals surface area contributed by atoms with E-state index in [2.05, 4.69) is 21.3 Å². The van der Waals surface area contributed by atoms with Crippen molar-refractivity contribution in [3.05, 3.63) is 77.6 Å². The second-order valence-corrected chi connectivity index (χ2v) is 13.0. The van der Waals surface area contributed by atoms with E-state index in [4.69, 9.17) is 15.7 Å². The topological polar surface area (TPSA) is 131 Å². The Morgan fingerprint density at radius 1 is 1.10 bits per heavy atom. The van der Waals surface area contributed by atoms with Crippen molar-refractivity contribution >= 4 is 32.5 Å². The Labute approximate surface area is 233 Å². The van der Waals surface area contributed by atoms with Gasteiger partial charge in [-0.15, -0.1) is 0 Å². The van der Waals surface area contributed by atoms with Gasteiger partial charge in [-0.1, -0.05) is 12.1 Å². The van der Waals surface area contributed by atoms with E-state index in [0.29, 0.717) is 11.3 Å². The number of hydrogen-bond acceptors (Lipinski definition) is 8. The van der Waals surface area contributed by atoms with Crippen LogP contribution in [0.3, 0.4) is 0 Å². The number of aromatic nitrogens is 3. The standard InChI is InChI=1S/C30H32N6O3S/c1-19-6-7-20(14-26(19)40(2,38)39)29(37)33-17-22-15-25-21(16-32-22)8-9-24(34-25)23-4-3-5-28(35-23)36-13-10-27(31)30(18-36)11-12-30/h3-9,14-16,27H,10-13,17-18,31H2,1-2H3,(H,33,37)/t27-/m0/s1. The molecule has 9 nitrogen and oxygen atoms in total. The van der Waals surface area contributed by atoms with Crippen LogP contribution < -0.4 is 16.0 Å². The molecule has 1 atom stereocenters. The minimum absolute atomic E-state index is 0.147. The fourth-order valence-electron chi connectivity index (χ4n) is 5.52. The van der Waals surface area contributed by atoms with Crippen molar-refractivity contribution in [1.82, 2.24) is 20.3 Å². The minimum Gasteiger partial charge on any atom is -0.356 e. The highest BCUT2D eigenvalue weighted by atomic mass is 32.2. The highest BCUT2D eigenvalue weighted by molar-refractivity contribution is 7.90. The fraction of sp³-hybridized carbons (Fsp3) is 0.333. The molecule has 0 radical (unpaired) electrons. The number of carbonyl (C=O) groups excluding carboxylic acids is 1. The number of rotatable bonds is 6. The summed E-state index contributed by atoms with van der Waals surface area (Å²) in [6.45, 7) is 3.74. The third-order valence-electron chi connectivity index (χ3n) is 8.13. The molecule has 1 aromatic carbocycles. The van der Waals surface area contributed by atoms with Crippen LogP contribution in [0.5, 0.6) is 0 Å². The average Bonchev–Trinajstić information content (AvgIpc) is 3.72. The van der Waals surface area contributed by atoms with Crippen LogP contribution in [-0.4, -0.2) is 54.7 Å². The molecule has 1 amide bonds. The van der Waals surface area contributed by atoms with E-state index >= 15 is 0 Å². The van der Waals surface area contributed by atoms with E-state index in [9.17, 15) is 13.2 Å². The lowest BCUT2D eigenvalue weighted by molar-refractivity contribution is 0.0950. The average molecular weight is 557 g/mol. The highest BCUT2D eigenvalue weighted by Gasteiger charge is 2.51. The molecule has 1 saturated carbocycles. The molecule has 3 aromatic heterocycles. The quantitative estimate of drug-likeness (QED) is 0.368. The molecule has 1 saturated heterocycles. The van der Waals surface area contributed by atoms with Gasteiger partial charge in [-0.05, 0) is 74.2 Å². The number of carbonyl (C=O) groups is 1. The summed E-state index contributed by atoms with van der Waals surface area (Å²) in [5.74, 6) is 0.576. The Morgan fingerprint density at radius 3 is 2.67 bits per heavy atom. The van der Waals surface area contributed by atoms with Crippen LogP contribution >= 0.6 is 0 Å². The zero-order valence-corrected chi connectivity index (χ0v) is 23.4. The maximum atomic E-state index is 12.8. The lowest BCUT2D eigenvalue weighted by Crippen LogP contribution is -2.48. The summed E-state index contributed by atoms with van der Waals surface area (Å²) in [6.07, 6.45) is 6.24. The number of nitrogens with two attached hydrogens (primary N) is 1. The number of benzene rings is 1. The first-order valence-electron chi connectivity index (χ1n) is 13.4. The van der Waals surface area contributed by atoms with Gasteiger partial charge in [0.25, 0.3) is 5.91 Å². The predicted molar refractivity (Wildman–Crippen MR) is 155 cm³/mol. The molecule has 1 aliphatic carbocycles. The summed E-state index contributed by atoms with van der Waals surface area (Å²) in [4.78, 5) is 29.5. The molecule has 0 unspecified atom stereocenters. The fourth-order valence-corrected chi connectivity index (χ4v) is 6.51. The van der Waals surface area contributed by atoms with Crippen LogP contribution in [0, 0.1) is 12.3 Å². The van der Waals surface area contributed by atoms with Crippen LogP contribution in [-0.2, 0) is 16.4 Å². The molecule has 2 fully saturated rings. The molecular formula is C30H32N6O3S. The van der Waals surface area contributed by atoms with Crippen molar-refractivity contribution in [1.29, 1.82) is 0 Å². The number of amides is 1. The van der Waals surface area contributed by atoms with Crippen molar-refractivity contribution in [3.8, 4) is 11.4 Å². The van der Waals surface area contributed by atoms with Gasteiger partial charge in [0.15, 0.2) is 9.84 Å². The monoisotopic (exact) mass is 556 g/mol. The SMILES string of the molecule is Cc1ccc(C(=O)NCc2cc3nc(-c4cccc(N5CC[C@H](N)C6(CC6)C5)n4)ccc3cn2)cc1S(C)(=O)=O. The number of aryl methyl sites for hydroxylation is 1. The molecule has 0 bridgehead atoms. The molecule has 6 rings (SSSR count). The van der Waals surface area contributed by atoms with Gasteiger partial charge in [0.05, 0.1) is 34.0 Å². The molecule has 1 aliphatic heterocycles. The lowest BCUT2D eigenvalue weighted by atomic mass is 9.90. The lowest BCUT2D eigenvalue weighted by Gasteiger charge is -2.38. The zero-order chi connectivity index (χ0) is 28.1. The number of nitrogens with zero attached hydrogens (tertiary/aromatic N) is 4. The molecule has 10 heteroatoms. The van der Waals surface area contributed by atoms with Crippen LogP contribution in [0.15, 0.2) is 65.7 Å². The Balaban J connectivity index is 1.19. The Hall–Kier alpha value is -3.89. The number of anilines is 1. The van der Waals surface area contributed by atoms with Crippen LogP contribution in [0.4, 0.5) is 5.82 Å². The first kappa shape index (κ1) is 26.3. The predicted octanol–water partition coefficient (Wildman–Crippen LogP) is 3.65. The smallest absolute Gasteiger partial charge is 0.251 e. The normalized spacial score (nSPS) is 18.2. The van der Waals surface area contributed by atoms with E-state index in [-0.39, 0.29) is 34.4 Å². The summed E-state index contributed by atoms with van der Waals surface area (Å²) in [6, 6.07) is 16.7. The van der Waals surface area contributed by atoms with Crippen LogP contribution in [0.2, 0.25) is 0 Å². The van der Waals surface area contributed by atoms with E-state index < -0.39 is 9.84 Å². The second-order valence-electron chi connectivity index (χ2n) is 11.1. The van der Waals surface area contributed by atoms with Gasteiger partial charge in [0, 0.05) is 47.9 Å². The number of hydrogen-bond donors (Lipinski definition) is 2. The number of nitrogens with one attached hydrogen (secondary N) is 1. The van der Waals surface area contributed by atoms with Crippen molar-refractivity contribution in [2.45, 2.75) is 43.7 Å². The van der Waals surface area contributed by atoms with E-state index in [1.54, 1.807) is 25.3 Å². The van der Waals surface area contributed by atoms with Gasteiger partial charge in [-0.3, -0.25) is 9.78 Å². The van der Waals surface area contributed by atoms with E-state index in [1.165, 1.54) is 18.9 Å². The molecule has 4 heterocycles. The maximum absolute atomic E-state index is 12.8. The zero-order valence-electron chi connectivity index (χ0n) is 22.6. The summed E-state index contributed by atoms with van der Waals surface area (Å²) in [5, 5.41) is 3.71. The van der Waals surface area contributed by atoms with Crippen LogP contribution in [0.1, 0.15) is 40.9 Å². The second kappa shape index (κ2) is 9.94. The summed E-state index contributed by atoms with van der Waals surface area (Å²) in [5.41, 5.74) is 10.5. The Bertz CT molecular complexity index is 1730. The molecule has 206 valence electrons. The molecule has 4 aromatic rings. The number of sulfone groups is 1. The highest BCUT2D eigenvalue weighted by Crippen LogP contribution is 2.51. The van der Waals surface area contributed by atoms with Gasteiger partial charge >= 0.3 is 0 Å². The van der Waals surface area contributed by atoms with E-state index in [1.807, 2.05) is 30.3 Å². The van der Waals surface area contributed by atoms with Gasteiger partial charge in [-0.2, -0.15) is 0 Å². The van der Waals surface area contributed by atoms with E-state index in [0.717, 1.165) is 53.9 Å². The van der Waals surface area contributed by atoms with Gasteiger partial charge in [0.2, 0.25) is 0 Å². The van der Waals surface area contributed by atoms with Crippen molar-refractivity contribution in [3.63, 3.8) is 0 Å². The molecule has 1 spiro atoms. The third kappa shape index (κ3) is 5.16. The number of fused-ring (bicyclic) bond motifs is 1. The first-order valence-corrected chi connectivity index (χ1v) is 15.3. The van der Waals surface area contributed by atoms with Crippen molar-refractivity contribution < 1.29 is 13.2 Å². The third-order valence-corrected chi connectivity index (χ3v) is 9.36. The van der Waals surface area contributed by atoms with Gasteiger partial charge in [-0.25, -0.2) is 18.4 Å². The molecular weight excluding hydrogens is 524 g/mol. The molecule has 40 heavy (non-hydrogen) atoms. The van der Waals surface area contributed by atoms with Crippen LogP contribution in [0.25, 0.3) is 22.3 Å². The minimum atomic E-state index is -3.44. The maximum Gasteiger partial charge on any atom is 0.251 e. The van der Waals surface area contributed by atoms with Crippen molar-refractivity contribution in [2.24, 2.45) is 11.1 Å². The summed E-state index contributed by atoms with van der Waals surface area (Å²) < 4.78 is 24.1. The summed E-state index contributed by atoms with van der Waals surface area (Å²) >= 11 is 0.